The number of hydrogen-bond donors (Lipinski definition) is 2. The molecule has 22 heavy (non-hydrogen) atoms. The molecule has 0 saturated heterocycles. The summed E-state index contributed by atoms with van der Waals surface area (Å²) in [6.07, 6.45) is 4.59. The Labute approximate surface area is 128 Å². The lowest BCUT2D eigenvalue weighted by atomic mass is 10.1. The van der Waals surface area contributed by atoms with Gasteiger partial charge >= 0.3 is 5.97 Å². The minimum atomic E-state index is -1.03. The molecule has 0 radical (unpaired) electrons. The highest BCUT2D eigenvalue weighted by Gasteiger charge is 2.20. The molecule has 0 fully saturated rings. The Kier molecular flexibility index (Phi) is 5.30. The number of carboxylic acids is 1. The zero-order valence-electron chi connectivity index (χ0n) is 12.4. The fourth-order valence-electron chi connectivity index (χ4n) is 2.18. The zero-order chi connectivity index (χ0) is 15.9. The normalized spacial score (nSPS) is 11.9. The highest BCUT2D eigenvalue weighted by atomic mass is 16.4. The molecule has 0 bridgehead atoms. The van der Waals surface area contributed by atoms with E-state index in [0.29, 0.717) is 6.42 Å². The van der Waals surface area contributed by atoms with Crippen molar-refractivity contribution in [1.29, 1.82) is 0 Å². The van der Waals surface area contributed by atoms with E-state index in [9.17, 15) is 14.7 Å². The summed E-state index contributed by atoms with van der Waals surface area (Å²) in [6.45, 7) is 0. The zero-order valence-corrected chi connectivity index (χ0v) is 12.4. The van der Waals surface area contributed by atoms with Crippen molar-refractivity contribution in [3.63, 3.8) is 0 Å². The number of carbonyl (C=O) groups excluding carboxylic acids is 1. The number of aryl methyl sites for hydroxylation is 2. The van der Waals surface area contributed by atoms with Gasteiger partial charge in [-0.3, -0.25) is 9.48 Å². The third-order valence-electron chi connectivity index (χ3n) is 3.32. The van der Waals surface area contributed by atoms with Crippen LogP contribution in [0.2, 0.25) is 0 Å². The van der Waals surface area contributed by atoms with Gasteiger partial charge in [0, 0.05) is 26.1 Å². The average molecular weight is 301 g/mol. The first-order valence-corrected chi connectivity index (χ1v) is 7.08. The van der Waals surface area contributed by atoms with Gasteiger partial charge in [-0.1, -0.05) is 30.3 Å². The molecular formula is C16H19N3O3. The Morgan fingerprint density at radius 2 is 2.00 bits per heavy atom. The van der Waals surface area contributed by atoms with Crippen LogP contribution in [0.25, 0.3) is 0 Å². The number of aromatic nitrogens is 2. The minimum absolute atomic E-state index is 0.240. The van der Waals surface area contributed by atoms with E-state index in [-0.39, 0.29) is 18.7 Å². The first-order valence-electron chi connectivity index (χ1n) is 7.08. The molecule has 2 N–H and O–H groups in total. The van der Waals surface area contributed by atoms with Crippen LogP contribution in [0.3, 0.4) is 0 Å². The van der Waals surface area contributed by atoms with Crippen LogP contribution in [-0.2, 0) is 29.5 Å². The molecule has 1 atom stereocenters. The Morgan fingerprint density at radius 3 is 2.59 bits per heavy atom. The molecule has 6 nitrogen and oxygen atoms in total. The monoisotopic (exact) mass is 301 g/mol. The number of nitrogens with one attached hydrogen (secondary N) is 1. The van der Waals surface area contributed by atoms with Crippen molar-refractivity contribution < 1.29 is 14.7 Å². The lowest BCUT2D eigenvalue weighted by Gasteiger charge is -2.14. The SMILES string of the molecule is Cn1cc(CCC(=O)N[C@H](Cc2ccccc2)C(=O)O)cn1. The van der Waals surface area contributed by atoms with Crippen LogP contribution in [0.15, 0.2) is 42.7 Å². The van der Waals surface area contributed by atoms with E-state index in [2.05, 4.69) is 10.4 Å². The Balaban J connectivity index is 1.87. The van der Waals surface area contributed by atoms with Crippen LogP contribution in [0, 0.1) is 0 Å². The number of rotatable bonds is 7. The summed E-state index contributed by atoms with van der Waals surface area (Å²) in [6, 6.07) is 8.34. The molecule has 0 aliphatic carbocycles. The van der Waals surface area contributed by atoms with Gasteiger partial charge < -0.3 is 10.4 Å². The summed E-state index contributed by atoms with van der Waals surface area (Å²) in [7, 11) is 1.81. The molecule has 1 aromatic heterocycles. The van der Waals surface area contributed by atoms with Crippen molar-refractivity contribution >= 4 is 11.9 Å². The average Bonchev–Trinajstić information content (AvgIpc) is 2.91. The minimum Gasteiger partial charge on any atom is -0.480 e. The number of carboxylic acid groups (broad SMARTS) is 1. The topological polar surface area (TPSA) is 84.2 Å². The first kappa shape index (κ1) is 15.8. The van der Waals surface area contributed by atoms with Gasteiger partial charge in [0.2, 0.25) is 5.91 Å². The molecule has 0 unspecified atom stereocenters. The number of carbonyl (C=O) groups is 2. The van der Waals surface area contributed by atoms with Gasteiger partial charge in [0.25, 0.3) is 0 Å². The Morgan fingerprint density at radius 1 is 1.27 bits per heavy atom. The number of amides is 1. The molecule has 116 valence electrons. The van der Waals surface area contributed by atoms with E-state index in [1.807, 2.05) is 43.6 Å². The Bertz CT molecular complexity index is 637. The van der Waals surface area contributed by atoms with Gasteiger partial charge in [-0.25, -0.2) is 4.79 Å². The van der Waals surface area contributed by atoms with Crippen LogP contribution >= 0.6 is 0 Å². The van der Waals surface area contributed by atoms with Crippen LogP contribution < -0.4 is 5.32 Å². The maximum Gasteiger partial charge on any atom is 0.326 e. The van der Waals surface area contributed by atoms with Gasteiger partial charge in [0.15, 0.2) is 0 Å². The first-order chi connectivity index (χ1) is 10.5. The van der Waals surface area contributed by atoms with Crippen LogP contribution in [-0.4, -0.2) is 32.8 Å². The molecule has 0 aliphatic rings. The van der Waals surface area contributed by atoms with E-state index in [0.717, 1.165) is 11.1 Å². The molecule has 0 spiro atoms. The Hall–Kier alpha value is -2.63. The van der Waals surface area contributed by atoms with Crippen molar-refractivity contribution in [3.05, 3.63) is 53.9 Å². The second kappa shape index (κ2) is 7.40. The highest BCUT2D eigenvalue weighted by molar-refractivity contribution is 5.83. The van der Waals surface area contributed by atoms with Crippen LogP contribution in [0.4, 0.5) is 0 Å². The number of benzene rings is 1. The maximum absolute atomic E-state index is 11.9. The van der Waals surface area contributed by atoms with Crippen molar-refractivity contribution in [3.8, 4) is 0 Å². The fraction of sp³-hybridized carbons (Fsp3) is 0.312. The third-order valence-corrected chi connectivity index (χ3v) is 3.32. The maximum atomic E-state index is 11.9. The third kappa shape index (κ3) is 4.73. The quantitative estimate of drug-likeness (QED) is 0.804. The summed E-state index contributed by atoms with van der Waals surface area (Å²) in [5.41, 5.74) is 1.83. The number of aliphatic carboxylic acids is 1. The molecule has 1 aromatic carbocycles. The summed E-state index contributed by atoms with van der Waals surface area (Å²) < 4.78 is 1.67. The van der Waals surface area contributed by atoms with Gasteiger partial charge in [-0.2, -0.15) is 5.10 Å². The molecule has 2 rings (SSSR count). The van der Waals surface area contributed by atoms with Crippen molar-refractivity contribution in [1.82, 2.24) is 15.1 Å². The smallest absolute Gasteiger partial charge is 0.326 e. The second-order valence-corrected chi connectivity index (χ2v) is 5.17. The van der Waals surface area contributed by atoms with Gasteiger partial charge in [0.1, 0.15) is 6.04 Å². The standard InChI is InChI=1S/C16H19N3O3/c1-19-11-13(10-17-19)7-8-15(20)18-14(16(21)22)9-12-5-3-2-4-6-12/h2-6,10-11,14H,7-9H2,1H3,(H,18,20)(H,21,22)/t14-/m1/s1. The van der Waals surface area contributed by atoms with E-state index in [1.54, 1.807) is 10.9 Å². The van der Waals surface area contributed by atoms with Crippen LogP contribution in [0.5, 0.6) is 0 Å². The highest BCUT2D eigenvalue weighted by Crippen LogP contribution is 2.05. The van der Waals surface area contributed by atoms with Crippen LogP contribution in [0.1, 0.15) is 17.5 Å². The van der Waals surface area contributed by atoms with Crippen molar-refractivity contribution in [2.75, 3.05) is 0 Å². The van der Waals surface area contributed by atoms with E-state index in [4.69, 9.17) is 0 Å². The van der Waals surface area contributed by atoms with Crippen molar-refractivity contribution in [2.45, 2.75) is 25.3 Å². The van der Waals surface area contributed by atoms with Gasteiger partial charge in [-0.15, -0.1) is 0 Å². The lowest BCUT2D eigenvalue weighted by Crippen LogP contribution is -2.42. The van der Waals surface area contributed by atoms with Gasteiger partial charge in [-0.05, 0) is 17.5 Å². The number of hydrogen-bond acceptors (Lipinski definition) is 3. The molecule has 6 heteroatoms. The summed E-state index contributed by atoms with van der Waals surface area (Å²) >= 11 is 0. The molecule has 2 aromatic rings. The van der Waals surface area contributed by atoms with E-state index < -0.39 is 12.0 Å². The van der Waals surface area contributed by atoms with E-state index >= 15 is 0 Å². The van der Waals surface area contributed by atoms with E-state index in [1.165, 1.54) is 0 Å². The molecular weight excluding hydrogens is 282 g/mol. The summed E-state index contributed by atoms with van der Waals surface area (Å²) in [4.78, 5) is 23.2. The predicted molar refractivity (Wildman–Crippen MR) is 81.2 cm³/mol. The lowest BCUT2D eigenvalue weighted by molar-refractivity contribution is -0.141. The van der Waals surface area contributed by atoms with Gasteiger partial charge in [0.05, 0.1) is 6.20 Å². The fourth-order valence-corrected chi connectivity index (χ4v) is 2.18. The molecule has 1 heterocycles. The molecule has 1 amide bonds. The van der Waals surface area contributed by atoms with Crippen molar-refractivity contribution in [2.24, 2.45) is 7.05 Å². The number of nitrogens with zero attached hydrogens (tertiary/aromatic N) is 2. The summed E-state index contributed by atoms with van der Waals surface area (Å²) in [5.74, 6) is -1.30. The second-order valence-electron chi connectivity index (χ2n) is 5.17. The molecule has 0 aliphatic heterocycles. The summed E-state index contributed by atoms with van der Waals surface area (Å²) in [5, 5.41) is 15.9. The molecule has 0 saturated carbocycles. The predicted octanol–water partition coefficient (Wildman–Crippen LogP) is 1.16. The largest absolute Gasteiger partial charge is 0.480 e.